The van der Waals surface area contributed by atoms with E-state index in [1.54, 1.807) is 0 Å². The van der Waals surface area contributed by atoms with Gasteiger partial charge >= 0.3 is 5.69 Å². The first-order valence-corrected chi connectivity index (χ1v) is 6.99. The molecular formula is C13H15F2N3O4. The third kappa shape index (κ3) is 2.11. The Morgan fingerprint density at radius 1 is 1.50 bits per heavy atom. The predicted molar refractivity (Wildman–Crippen MR) is 69.6 cm³/mol. The van der Waals surface area contributed by atoms with Crippen molar-refractivity contribution in [3.05, 3.63) is 22.0 Å². The van der Waals surface area contributed by atoms with Crippen molar-refractivity contribution >= 4 is 11.5 Å². The molecule has 0 radical (unpaired) electrons. The summed E-state index contributed by atoms with van der Waals surface area (Å²) in [4.78, 5) is 21.7. The van der Waals surface area contributed by atoms with Gasteiger partial charge in [-0.2, -0.15) is 5.10 Å². The van der Waals surface area contributed by atoms with Crippen LogP contribution in [-0.2, 0) is 9.53 Å². The van der Waals surface area contributed by atoms with Crippen LogP contribution < -0.4 is 0 Å². The van der Waals surface area contributed by atoms with Gasteiger partial charge in [-0.15, -0.1) is 0 Å². The summed E-state index contributed by atoms with van der Waals surface area (Å²) in [5.74, 6) is 0.0909. The minimum atomic E-state index is -2.99. The lowest BCUT2D eigenvalue weighted by atomic mass is 9.83. The second-order valence-corrected chi connectivity index (χ2v) is 5.80. The number of ether oxygens (including phenoxy) is 1. The number of alkyl halides is 2. The topological polar surface area (TPSA) is 87.3 Å². The van der Waals surface area contributed by atoms with Crippen LogP contribution in [0.1, 0.15) is 43.8 Å². The van der Waals surface area contributed by atoms with Gasteiger partial charge in [-0.3, -0.25) is 19.6 Å². The van der Waals surface area contributed by atoms with Gasteiger partial charge in [0.25, 0.3) is 6.43 Å². The first-order valence-electron chi connectivity index (χ1n) is 6.99. The highest BCUT2D eigenvalue weighted by Gasteiger charge is 2.65. The summed E-state index contributed by atoms with van der Waals surface area (Å²) in [7, 11) is 1.50. The first-order chi connectivity index (χ1) is 10.4. The molecule has 0 saturated heterocycles. The van der Waals surface area contributed by atoms with Crippen molar-refractivity contribution in [1.82, 2.24) is 9.78 Å². The summed E-state index contributed by atoms with van der Waals surface area (Å²) in [6.45, 7) is 0. The summed E-state index contributed by atoms with van der Waals surface area (Å²) in [5, 5.41) is 14.5. The molecule has 0 unspecified atom stereocenters. The van der Waals surface area contributed by atoms with Crippen molar-refractivity contribution < 1.29 is 23.2 Å². The van der Waals surface area contributed by atoms with E-state index in [0.717, 1.165) is 6.20 Å². The molecule has 0 aromatic carbocycles. The number of methoxy groups -OCH3 is 1. The number of carbonyl (C=O) groups excluding carboxylic acids is 1. The second-order valence-electron chi connectivity index (χ2n) is 5.80. The summed E-state index contributed by atoms with van der Waals surface area (Å²) < 4.78 is 32.0. The Kier molecular flexibility index (Phi) is 3.47. The maximum absolute atomic E-state index is 12.8. The Hall–Kier alpha value is -1.90. The zero-order valence-corrected chi connectivity index (χ0v) is 11.9. The van der Waals surface area contributed by atoms with E-state index in [9.17, 15) is 23.7 Å². The number of hydrogen-bond donors (Lipinski definition) is 0. The minimum Gasteiger partial charge on any atom is -0.373 e. The molecule has 1 aromatic rings. The van der Waals surface area contributed by atoms with Crippen LogP contribution in [0.2, 0.25) is 0 Å². The summed E-state index contributed by atoms with van der Waals surface area (Å²) in [6.07, 6.45) is 0.0168. The standard InChI is InChI=1S/C13H15F2N3O4/c1-22-11-10(19)13(11)4-2-7(3-5-13)17-6-8(18(20)21)9(16-17)12(14)15/h6-7,11-12H,2-5H2,1H3/t7?,11-,13?/m0/s1. The number of nitro groups is 1. The molecule has 120 valence electrons. The average molecular weight is 315 g/mol. The second kappa shape index (κ2) is 5.08. The van der Waals surface area contributed by atoms with Crippen molar-refractivity contribution in [2.45, 2.75) is 44.3 Å². The Morgan fingerprint density at radius 2 is 2.14 bits per heavy atom. The molecule has 2 aliphatic rings. The van der Waals surface area contributed by atoms with Crippen molar-refractivity contribution in [2.24, 2.45) is 5.41 Å². The fourth-order valence-electron chi connectivity index (χ4n) is 3.46. The predicted octanol–water partition coefficient (Wildman–Crippen LogP) is 2.43. The van der Waals surface area contributed by atoms with Gasteiger partial charge in [0.2, 0.25) is 5.69 Å². The number of halogens is 2. The minimum absolute atomic E-state index is 0.0909. The third-order valence-electron chi connectivity index (χ3n) is 4.75. The number of ketones is 1. The molecule has 7 nitrogen and oxygen atoms in total. The molecular weight excluding hydrogens is 300 g/mol. The van der Waals surface area contributed by atoms with E-state index in [1.165, 1.54) is 11.8 Å². The molecule has 0 N–H and O–H groups in total. The van der Waals surface area contributed by atoms with Gasteiger partial charge in [-0.05, 0) is 25.7 Å². The van der Waals surface area contributed by atoms with Crippen LogP contribution in [0.15, 0.2) is 6.20 Å². The van der Waals surface area contributed by atoms with E-state index in [-0.39, 0.29) is 17.9 Å². The van der Waals surface area contributed by atoms with Crippen LogP contribution in [0.4, 0.5) is 14.5 Å². The normalized spacial score (nSPS) is 31.0. The van der Waals surface area contributed by atoms with Crippen LogP contribution in [0.25, 0.3) is 0 Å². The van der Waals surface area contributed by atoms with Crippen LogP contribution >= 0.6 is 0 Å². The molecule has 22 heavy (non-hydrogen) atoms. The molecule has 1 atom stereocenters. The zero-order chi connectivity index (χ0) is 16.1. The highest BCUT2D eigenvalue weighted by molar-refractivity contribution is 6.06. The lowest BCUT2D eigenvalue weighted by molar-refractivity contribution is -0.386. The molecule has 9 heteroatoms. The number of Topliss-reactive ketones (excluding diaryl/α,β-unsaturated/α-hetero) is 1. The molecule has 2 aliphatic carbocycles. The monoisotopic (exact) mass is 315 g/mol. The summed E-state index contributed by atoms with van der Waals surface area (Å²) in [5.41, 5.74) is -1.90. The van der Waals surface area contributed by atoms with E-state index in [4.69, 9.17) is 4.74 Å². The average Bonchev–Trinajstić information content (AvgIpc) is 2.87. The maximum atomic E-state index is 12.8. The van der Waals surface area contributed by atoms with Crippen LogP contribution in [0, 0.1) is 15.5 Å². The van der Waals surface area contributed by atoms with Gasteiger partial charge in [0.1, 0.15) is 12.3 Å². The molecule has 0 amide bonds. The van der Waals surface area contributed by atoms with E-state index in [2.05, 4.69) is 5.10 Å². The lowest BCUT2D eigenvalue weighted by Crippen LogP contribution is -2.22. The third-order valence-corrected chi connectivity index (χ3v) is 4.75. The Labute approximate surface area is 124 Å². The van der Waals surface area contributed by atoms with Gasteiger partial charge < -0.3 is 4.74 Å². The van der Waals surface area contributed by atoms with E-state index < -0.39 is 28.1 Å². The number of carbonyl (C=O) groups is 1. The Bertz CT molecular complexity index is 623. The molecule has 2 fully saturated rings. The van der Waals surface area contributed by atoms with E-state index in [1.807, 2.05) is 0 Å². The molecule has 1 spiro atoms. The van der Waals surface area contributed by atoms with Gasteiger partial charge in [0.15, 0.2) is 5.78 Å². The summed E-state index contributed by atoms with van der Waals surface area (Å²) >= 11 is 0. The van der Waals surface area contributed by atoms with Crippen LogP contribution in [0.3, 0.4) is 0 Å². The number of rotatable bonds is 4. The quantitative estimate of drug-likeness (QED) is 0.629. The van der Waals surface area contributed by atoms with Crippen molar-refractivity contribution in [3.8, 4) is 0 Å². The fourth-order valence-corrected chi connectivity index (χ4v) is 3.46. The van der Waals surface area contributed by atoms with Crippen molar-refractivity contribution in [1.29, 1.82) is 0 Å². The smallest absolute Gasteiger partial charge is 0.316 e. The molecule has 1 heterocycles. The van der Waals surface area contributed by atoms with Gasteiger partial charge in [0.05, 0.1) is 16.4 Å². The van der Waals surface area contributed by atoms with E-state index in [0.29, 0.717) is 25.7 Å². The first kappa shape index (κ1) is 15.0. The number of nitrogens with zero attached hydrogens (tertiary/aromatic N) is 3. The highest BCUT2D eigenvalue weighted by atomic mass is 19.3. The number of aromatic nitrogens is 2. The van der Waals surface area contributed by atoms with Crippen LogP contribution in [-0.4, -0.2) is 33.7 Å². The van der Waals surface area contributed by atoms with Gasteiger partial charge in [-0.25, -0.2) is 8.78 Å². The molecule has 0 aliphatic heterocycles. The molecule has 1 aromatic heterocycles. The van der Waals surface area contributed by atoms with Gasteiger partial charge in [-0.1, -0.05) is 0 Å². The van der Waals surface area contributed by atoms with Crippen molar-refractivity contribution in [3.63, 3.8) is 0 Å². The molecule has 3 rings (SSSR count). The zero-order valence-electron chi connectivity index (χ0n) is 11.9. The maximum Gasteiger partial charge on any atom is 0.316 e. The Balaban J connectivity index is 1.76. The van der Waals surface area contributed by atoms with Gasteiger partial charge in [0, 0.05) is 7.11 Å². The molecule has 0 bridgehead atoms. The molecule has 2 saturated carbocycles. The summed E-state index contributed by atoms with van der Waals surface area (Å²) in [6, 6.07) is -0.206. The largest absolute Gasteiger partial charge is 0.373 e. The fraction of sp³-hybridized carbons (Fsp3) is 0.692. The number of hydrogen-bond acceptors (Lipinski definition) is 5. The lowest BCUT2D eigenvalue weighted by Gasteiger charge is -2.27. The SMILES string of the molecule is CO[C@H]1C(=O)C12CCC(n1cc([N+](=O)[O-])c(C(F)F)n1)CC2. The van der Waals surface area contributed by atoms with E-state index >= 15 is 0 Å². The Morgan fingerprint density at radius 3 is 2.55 bits per heavy atom. The van der Waals surface area contributed by atoms with Crippen molar-refractivity contribution in [2.75, 3.05) is 7.11 Å². The highest BCUT2D eigenvalue weighted by Crippen LogP contribution is 2.56. The van der Waals surface area contributed by atoms with Crippen LogP contribution in [0.5, 0.6) is 0 Å².